The molecular formula is C13H18O2. The smallest absolute Gasteiger partial charge is 0.163 e. The van der Waals surface area contributed by atoms with Crippen molar-refractivity contribution in [2.24, 2.45) is 0 Å². The third-order valence-electron chi connectivity index (χ3n) is 2.71. The molecule has 0 aliphatic carbocycles. The van der Waals surface area contributed by atoms with Crippen LogP contribution in [-0.2, 0) is 15.9 Å². The monoisotopic (exact) mass is 206 g/mol. The summed E-state index contributed by atoms with van der Waals surface area (Å²) in [5.74, 6) is -0.432. The third kappa shape index (κ3) is 2.58. The van der Waals surface area contributed by atoms with Crippen molar-refractivity contribution < 1.29 is 9.47 Å². The van der Waals surface area contributed by atoms with E-state index in [0.717, 1.165) is 6.42 Å². The Kier molecular flexibility index (Phi) is 2.81. The van der Waals surface area contributed by atoms with Gasteiger partial charge in [0.1, 0.15) is 0 Å². The highest BCUT2D eigenvalue weighted by Gasteiger charge is 2.38. The second kappa shape index (κ2) is 3.95. The van der Waals surface area contributed by atoms with Gasteiger partial charge in [-0.3, -0.25) is 0 Å². The van der Waals surface area contributed by atoms with E-state index in [2.05, 4.69) is 31.2 Å². The van der Waals surface area contributed by atoms with E-state index < -0.39 is 5.79 Å². The van der Waals surface area contributed by atoms with E-state index in [1.165, 1.54) is 5.56 Å². The fourth-order valence-electron chi connectivity index (χ4n) is 2.07. The Morgan fingerprint density at radius 2 is 1.80 bits per heavy atom. The van der Waals surface area contributed by atoms with Gasteiger partial charge in [-0.15, -0.1) is 0 Å². The summed E-state index contributed by atoms with van der Waals surface area (Å²) in [7, 11) is 0. The second-order valence-corrected chi connectivity index (χ2v) is 4.57. The Labute approximate surface area is 91.2 Å². The van der Waals surface area contributed by atoms with Crippen LogP contribution < -0.4 is 0 Å². The van der Waals surface area contributed by atoms with Gasteiger partial charge in [0, 0.05) is 6.42 Å². The molecule has 0 N–H and O–H groups in total. The SMILES string of the molecule is C[C@H]1OC(C)(C)O[C@H]1Cc1ccccc1. The predicted molar refractivity (Wildman–Crippen MR) is 59.6 cm³/mol. The van der Waals surface area contributed by atoms with E-state index in [-0.39, 0.29) is 12.2 Å². The predicted octanol–water partition coefficient (Wildman–Crippen LogP) is 2.77. The molecule has 2 rings (SSSR count). The molecule has 82 valence electrons. The Bertz CT molecular complexity index is 319. The molecule has 1 heterocycles. The maximum absolute atomic E-state index is 5.84. The number of benzene rings is 1. The van der Waals surface area contributed by atoms with Crippen LogP contribution in [0, 0.1) is 0 Å². The molecule has 1 aliphatic heterocycles. The highest BCUT2D eigenvalue weighted by atomic mass is 16.7. The van der Waals surface area contributed by atoms with Gasteiger partial charge in [-0.1, -0.05) is 30.3 Å². The number of hydrogen-bond acceptors (Lipinski definition) is 2. The molecule has 1 aromatic carbocycles. The van der Waals surface area contributed by atoms with Crippen LogP contribution in [-0.4, -0.2) is 18.0 Å². The lowest BCUT2D eigenvalue weighted by Gasteiger charge is -2.16. The first-order valence-corrected chi connectivity index (χ1v) is 5.46. The molecule has 0 unspecified atom stereocenters. The fraction of sp³-hybridized carbons (Fsp3) is 0.538. The van der Waals surface area contributed by atoms with Crippen molar-refractivity contribution in [3.05, 3.63) is 35.9 Å². The molecule has 15 heavy (non-hydrogen) atoms. The molecule has 0 spiro atoms. The Hall–Kier alpha value is -0.860. The van der Waals surface area contributed by atoms with Crippen LogP contribution in [0.2, 0.25) is 0 Å². The van der Waals surface area contributed by atoms with Gasteiger partial charge in [-0.25, -0.2) is 0 Å². The lowest BCUT2D eigenvalue weighted by atomic mass is 10.1. The molecule has 0 radical (unpaired) electrons. The average molecular weight is 206 g/mol. The minimum Gasteiger partial charge on any atom is -0.345 e. The van der Waals surface area contributed by atoms with Crippen molar-refractivity contribution in [3.8, 4) is 0 Å². The fourth-order valence-corrected chi connectivity index (χ4v) is 2.07. The minimum atomic E-state index is -0.432. The van der Waals surface area contributed by atoms with E-state index in [0.29, 0.717) is 0 Å². The largest absolute Gasteiger partial charge is 0.345 e. The molecule has 1 saturated heterocycles. The van der Waals surface area contributed by atoms with Crippen molar-refractivity contribution in [1.82, 2.24) is 0 Å². The summed E-state index contributed by atoms with van der Waals surface area (Å²) in [5, 5.41) is 0. The molecule has 1 aliphatic rings. The Morgan fingerprint density at radius 3 is 2.33 bits per heavy atom. The summed E-state index contributed by atoms with van der Waals surface area (Å²) in [6.07, 6.45) is 1.26. The first-order chi connectivity index (χ1) is 7.07. The summed E-state index contributed by atoms with van der Waals surface area (Å²) < 4.78 is 11.6. The summed E-state index contributed by atoms with van der Waals surface area (Å²) in [6, 6.07) is 10.4. The zero-order valence-corrected chi connectivity index (χ0v) is 9.57. The van der Waals surface area contributed by atoms with Crippen molar-refractivity contribution in [1.29, 1.82) is 0 Å². The van der Waals surface area contributed by atoms with Gasteiger partial charge in [0.05, 0.1) is 12.2 Å². The second-order valence-electron chi connectivity index (χ2n) is 4.57. The van der Waals surface area contributed by atoms with Crippen molar-refractivity contribution in [2.45, 2.75) is 45.2 Å². The molecule has 2 nitrogen and oxygen atoms in total. The van der Waals surface area contributed by atoms with Crippen LogP contribution >= 0.6 is 0 Å². The van der Waals surface area contributed by atoms with E-state index in [1.54, 1.807) is 0 Å². The highest BCUT2D eigenvalue weighted by Crippen LogP contribution is 2.29. The molecule has 2 atom stereocenters. The summed E-state index contributed by atoms with van der Waals surface area (Å²) in [5.41, 5.74) is 1.30. The Morgan fingerprint density at radius 1 is 1.13 bits per heavy atom. The highest BCUT2D eigenvalue weighted by molar-refractivity contribution is 5.16. The minimum absolute atomic E-state index is 0.167. The maximum Gasteiger partial charge on any atom is 0.163 e. The third-order valence-corrected chi connectivity index (χ3v) is 2.71. The molecule has 0 amide bonds. The Balaban J connectivity index is 2.02. The maximum atomic E-state index is 5.84. The van der Waals surface area contributed by atoms with Crippen LogP contribution in [0.3, 0.4) is 0 Å². The normalized spacial score (nSPS) is 29.3. The van der Waals surface area contributed by atoms with Crippen LogP contribution in [0.5, 0.6) is 0 Å². The van der Waals surface area contributed by atoms with E-state index in [4.69, 9.17) is 9.47 Å². The van der Waals surface area contributed by atoms with Gasteiger partial charge in [-0.05, 0) is 26.3 Å². The van der Waals surface area contributed by atoms with Crippen LogP contribution in [0.15, 0.2) is 30.3 Å². The van der Waals surface area contributed by atoms with Crippen LogP contribution in [0.4, 0.5) is 0 Å². The molecule has 2 heteroatoms. The van der Waals surface area contributed by atoms with Gasteiger partial charge in [0.15, 0.2) is 5.79 Å². The first kappa shape index (κ1) is 10.7. The van der Waals surface area contributed by atoms with Crippen molar-refractivity contribution >= 4 is 0 Å². The standard InChI is InChI=1S/C13H18O2/c1-10-12(15-13(2,3)14-10)9-11-7-5-4-6-8-11/h4-8,10,12H,9H2,1-3H3/t10-,12+/m1/s1. The molecule has 0 saturated carbocycles. The molecule has 0 bridgehead atoms. The zero-order chi connectivity index (χ0) is 10.9. The van der Waals surface area contributed by atoms with Gasteiger partial charge in [0.25, 0.3) is 0 Å². The summed E-state index contributed by atoms with van der Waals surface area (Å²) in [6.45, 7) is 6.01. The van der Waals surface area contributed by atoms with E-state index in [1.807, 2.05) is 19.9 Å². The summed E-state index contributed by atoms with van der Waals surface area (Å²) >= 11 is 0. The lowest BCUT2D eigenvalue weighted by molar-refractivity contribution is -0.144. The van der Waals surface area contributed by atoms with E-state index in [9.17, 15) is 0 Å². The van der Waals surface area contributed by atoms with Crippen molar-refractivity contribution in [2.75, 3.05) is 0 Å². The van der Waals surface area contributed by atoms with Crippen molar-refractivity contribution in [3.63, 3.8) is 0 Å². The van der Waals surface area contributed by atoms with Crippen LogP contribution in [0.1, 0.15) is 26.3 Å². The number of hydrogen-bond donors (Lipinski definition) is 0. The topological polar surface area (TPSA) is 18.5 Å². The van der Waals surface area contributed by atoms with Gasteiger partial charge >= 0.3 is 0 Å². The van der Waals surface area contributed by atoms with Gasteiger partial charge in [-0.2, -0.15) is 0 Å². The van der Waals surface area contributed by atoms with Gasteiger partial charge < -0.3 is 9.47 Å². The zero-order valence-electron chi connectivity index (χ0n) is 9.57. The quantitative estimate of drug-likeness (QED) is 0.740. The number of rotatable bonds is 2. The molecule has 0 aromatic heterocycles. The lowest BCUT2D eigenvalue weighted by Crippen LogP contribution is -2.23. The molecule has 1 fully saturated rings. The number of ether oxygens (including phenoxy) is 2. The van der Waals surface area contributed by atoms with Gasteiger partial charge in [0.2, 0.25) is 0 Å². The first-order valence-electron chi connectivity index (χ1n) is 5.46. The van der Waals surface area contributed by atoms with Crippen LogP contribution in [0.25, 0.3) is 0 Å². The average Bonchev–Trinajstić information content (AvgIpc) is 2.41. The summed E-state index contributed by atoms with van der Waals surface area (Å²) in [4.78, 5) is 0. The van der Waals surface area contributed by atoms with E-state index >= 15 is 0 Å². The molecular weight excluding hydrogens is 188 g/mol. The molecule has 1 aromatic rings.